The van der Waals surface area contributed by atoms with Crippen LogP contribution in [-0.4, -0.2) is 63.4 Å². The van der Waals surface area contributed by atoms with E-state index in [4.69, 9.17) is 33.4 Å². The predicted octanol–water partition coefficient (Wildman–Crippen LogP) is 3.62. The molecule has 0 fully saturated rings. The number of rotatable bonds is 3. The van der Waals surface area contributed by atoms with Gasteiger partial charge in [-0.25, -0.2) is 24.5 Å². The van der Waals surface area contributed by atoms with E-state index in [-0.39, 0.29) is 56.8 Å². The van der Waals surface area contributed by atoms with Gasteiger partial charge in [0.1, 0.15) is 30.6 Å². The van der Waals surface area contributed by atoms with E-state index in [1.165, 1.54) is 25.6 Å². The number of carboxylic acid groups (broad SMARTS) is 1. The van der Waals surface area contributed by atoms with Crippen molar-refractivity contribution in [1.82, 2.24) is 15.0 Å². The standard InChI is InChI=1S/C11H12N2O2S.C10H10N2O2S.C8H7ClN2.C3H6O2S.Na.H2O/c1-5-4-7-8(12)9(11(14)15-3)16-10(7)13-6(5)2;1-4-3-6-7(11)8(10(13)14)15-9(6)12-5(4)2;1-5-3-7(4-10)8(9)11-6(5)2;1-5-3(4)2-6;;/h4H,12H2,1-3H3;3H,11H2,1-2H3,(H,13,14);3H,1-2H3;6H,2H2,1H3;;1H2/q;;;;+1;/p-1. The maximum atomic E-state index is 11.5. The number of nitrogens with two attached hydrogens (primary N) is 2. The summed E-state index contributed by atoms with van der Waals surface area (Å²) < 4.78 is 8.85. The Morgan fingerprint density at radius 2 is 1.26 bits per heavy atom. The van der Waals surface area contributed by atoms with E-state index in [0.717, 1.165) is 60.7 Å². The minimum Gasteiger partial charge on any atom is -0.870 e. The number of aromatic nitrogens is 3. The molecule has 0 aliphatic heterocycles. The summed E-state index contributed by atoms with van der Waals surface area (Å²) in [5, 5.41) is 19.3. The molecule has 0 unspecified atom stereocenters. The van der Waals surface area contributed by atoms with Gasteiger partial charge in [-0.05, 0) is 76.4 Å². The van der Waals surface area contributed by atoms with Crippen molar-refractivity contribution < 1.29 is 64.0 Å². The van der Waals surface area contributed by atoms with E-state index in [2.05, 4.69) is 37.1 Å². The number of fused-ring (bicyclic) bond motifs is 2. The molecule has 0 aliphatic carbocycles. The van der Waals surface area contributed by atoms with Gasteiger partial charge in [0.15, 0.2) is 0 Å². The second-order valence-electron chi connectivity index (χ2n) is 10.0. The molecule has 5 aromatic rings. The van der Waals surface area contributed by atoms with Crippen LogP contribution in [0, 0.1) is 52.9 Å². The van der Waals surface area contributed by atoms with Gasteiger partial charge in [0.25, 0.3) is 0 Å². The fourth-order valence-electron chi connectivity index (χ4n) is 3.68. The van der Waals surface area contributed by atoms with Crippen LogP contribution < -0.4 is 41.0 Å². The van der Waals surface area contributed by atoms with Gasteiger partial charge in [0, 0.05) is 27.9 Å². The molecule has 0 bridgehead atoms. The number of thiophene rings is 2. The molecule has 0 aromatic carbocycles. The first-order valence-electron chi connectivity index (χ1n) is 13.9. The quantitative estimate of drug-likeness (QED) is 0.0890. The van der Waals surface area contributed by atoms with E-state index < -0.39 is 11.9 Å². The van der Waals surface area contributed by atoms with Crippen molar-refractivity contribution in [3.05, 3.63) is 72.4 Å². The molecule has 0 spiro atoms. The molecule has 50 heavy (non-hydrogen) atoms. The largest absolute Gasteiger partial charge is 1.00 e. The van der Waals surface area contributed by atoms with E-state index >= 15 is 0 Å². The molecule has 6 N–H and O–H groups in total. The first kappa shape index (κ1) is 46.5. The Balaban J connectivity index is 0.000000663. The summed E-state index contributed by atoms with van der Waals surface area (Å²) >= 11 is 11.7. The summed E-state index contributed by atoms with van der Waals surface area (Å²) in [4.78, 5) is 47.0. The van der Waals surface area contributed by atoms with E-state index in [0.29, 0.717) is 26.6 Å². The first-order chi connectivity index (χ1) is 22.5. The van der Waals surface area contributed by atoms with Crippen LogP contribution in [0.2, 0.25) is 5.15 Å². The molecule has 5 heterocycles. The Morgan fingerprint density at radius 3 is 1.64 bits per heavy atom. The van der Waals surface area contributed by atoms with Crippen LogP contribution >= 0.6 is 46.9 Å². The SMILES string of the molecule is COC(=O)CS.COC(=O)c1sc2nc(C)c(C)cc2c1N.Cc1cc(C#N)c(Cl)nc1C.Cc1cc2c(N)c(C(=O)O)sc2nc1C.[Na+].[OH-]. The van der Waals surface area contributed by atoms with Crippen molar-refractivity contribution in [2.24, 2.45) is 0 Å². The molecule has 0 aliphatic rings. The number of nitrogens with zero attached hydrogens (tertiary/aromatic N) is 4. The average Bonchev–Trinajstić information content (AvgIpc) is 3.54. The van der Waals surface area contributed by atoms with Crippen LogP contribution in [0.1, 0.15) is 58.7 Å². The zero-order valence-electron chi connectivity index (χ0n) is 29.0. The number of carbonyl (C=O) groups is 3. The Hall–Kier alpha value is -3.53. The summed E-state index contributed by atoms with van der Waals surface area (Å²) in [7, 11) is 2.68. The molecule has 5 aromatic heterocycles. The first-order valence-corrected chi connectivity index (χ1v) is 16.5. The number of pyridine rings is 3. The van der Waals surface area contributed by atoms with Crippen LogP contribution in [0.15, 0.2) is 18.2 Å². The number of ether oxygens (including phenoxy) is 2. The number of hydrogen-bond acceptors (Lipinski definition) is 15. The molecule has 18 heteroatoms. The minimum atomic E-state index is -0.995. The maximum Gasteiger partial charge on any atom is 1.00 e. The number of methoxy groups -OCH3 is 2. The summed E-state index contributed by atoms with van der Waals surface area (Å²) in [6, 6.07) is 7.55. The van der Waals surface area contributed by atoms with Crippen LogP contribution in [0.5, 0.6) is 0 Å². The van der Waals surface area contributed by atoms with Crippen LogP contribution in [-0.2, 0) is 14.3 Å². The predicted molar refractivity (Wildman–Crippen MR) is 197 cm³/mol. The normalized spacial score (nSPS) is 9.62. The Morgan fingerprint density at radius 1 is 0.840 bits per heavy atom. The van der Waals surface area contributed by atoms with E-state index in [9.17, 15) is 14.4 Å². The monoisotopic (exact) mass is 770 g/mol. The third kappa shape index (κ3) is 11.8. The number of carbonyl (C=O) groups excluding carboxylic acids is 2. The van der Waals surface area contributed by atoms with Gasteiger partial charge in [0.2, 0.25) is 0 Å². The molecule has 13 nitrogen and oxygen atoms in total. The van der Waals surface area contributed by atoms with Crippen molar-refractivity contribution in [2.75, 3.05) is 31.4 Å². The summed E-state index contributed by atoms with van der Waals surface area (Å²) in [6.45, 7) is 11.5. The van der Waals surface area contributed by atoms with Crippen LogP contribution in [0.25, 0.3) is 20.4 Å². The number of nitriles is 1. The third-order valence-electron chi connectivity index (χ3n) is 6.79. The number of nitrogen functional groups attached to an aromatic ring is 2. The van der Waals surface area contributed by atoms with E-state index in [1.807, 2.05) is 59.7 Å². The Bertz CT molecular complexity index is 2040. The van der Waals surface area contributed by atoms with Gasteiger partial charge in [-0.2, -0.15) is 17.9 Å². The molecule has 5 rings (SSSR count). The molecule has 0 radical (unpaired) electrons. The zero-order valence-corrected chi connectivity index (χ0v) is 34.2. The summed E-state index contributed by atoms with van der Waals surface area (Å²) in [6.07, 6.45) is 0. The Labute approximate surface area is 330 Å². The van der Waals surface area contributed by atoms with Crippen molar-refractivity contribution in [3.63, 3.8) is 0 Å². The smallest absolute Gasteiger partial charge is 0.870 e. The molecule has 0 saturated heterocycles. The number of hydrogen-bond donors (Lipinski definition) is 4. The maximum absolute atomic E-state index is 11.5. The number of aromatic carboxylic acids is 1. The number of thiol groups is 1. The molecule has 262 valence electrons. The minimum absolute atomic E-state index is 0. The third-order valence-corrected chi connectivity index (χ3v) is 9.54. The van der Waals surface area contributed by atoms with Crippen molar-refractivity contribution in [3.8, 4) is 6.07 Å². The van der Waals surface area contributed by atoms with Gasteiger partial charge >= 0.3 is 47.5 Å². The number of aryl methyl sites for hydroxylation is 6. The van der Waals surface area contributed by atoms with Crippen LogP contribution in [0.3, 0.4) is 0 Å². The van der Waals surface area contributed by atoms with Crippen molar-refractivity contribution in [1.29, 1.82) is 5.26 Å². The van der Waals surface area contributed by atoms with Gasteiger partial charge in [0.05, 0.1) is 36.9 Å². The molecular weight excluding hydrogens is 735 g/mol. The molecular formula is C32H36ClN6NaO7S3. The van der Waals surface area contributed by atoms with Gasteiger partial charge < -0.3 is 31.5 Å². The van der Waals surface area contributed by atoms with E-state index in [1.54, 1.807) is 6.07 Å². The zero-order chi connectivity index (χ0) is 36.5. The summed E-state index contributed by atoms with van der Waals surface area (Å²) in [5.74, 6) is -1.53. The fourth-order valence-corrected chi connectivity index (χ4v) is 6.03. The van der Waals surface area contributed by atoms with Gasteiger partial charge in [-0.15, -0.1) is 22.7 Å². The fraction of sp³-hybridized carbons (Fsp3) is 0.281. The molecule has 0 amide bonds. The second-order valence-corrected chi connectivity index (χ2v) is 12.7. The van der Waals surface area contributed by atoms with Gasteiger partial charge in [-0.3, -0.25) is 4.79 Å². The topological polar surface area (TPSA) is 234 Å². The van der Waals surface area contributed by atoms with Gasteiger partial charge in [-0.1, -0.05) is 11.6 Å². The number of carboxylic acids is 1. The van der Waals surface area contributed by atoms with Crippen LogP contribution in [0.4, 0.5) is 11.4 Å². The number of anilines is 2. The summed E-state index contributed by atoms with van der Waals surface area (Å²) in [5.41, 5.74) is 18.7. The number of esters is 2. The Kier molecular flexibility index (Phi) is 19.5. The molecule has 0 atom stereocenters. The van der Waals surface area contributed by atoms with Crippen molar-refractivity contribution in [2.45, 2.75) is 41.5 Å². The van der Waals surface area contributed by atoms with Crippen molar-refractivity contribution >= 4 is 96.6 Å². The number of halogens is 1. The molecule has 0 saturated carbocycles. The average molecular weight is 771 g/mol. The second kappa shape index (κ2) is 21.0.